The fourth-order valence-corrected chi connectivity index (χ4v) is 1.35. The zero-order valence-corrected chi connectivity index (χ0v) is 8.00. The molecule has 0 atom stereocenters. The second-order valence-corrected chi connectivity index (χ2v) is 2.93. The van der Waals surface area contributed by atoms with Crippen LogP contribution in [0.5, 0.6) is 5.88 Å². The maximum atomic E-state index is 10.5. The highest BCUT2D eigenvalue weighted by Crippen LogP contribution is 2.27. The van der Waals surface area contributed by atoms with Gasteiger partial charge in [0.05, 0.1) is 12.0 Å². The number of ether oxygens (including phenoxy) is 1. The first-order chi connectivity index (χ1) is 6.19. The lowest BCUT2D eigenvalue weighted by Gasteiger charge is -2.01. The Labute approximate surface area is 79.3 Å². The molecule has 0 N–H and O–H groups in total. The third-order valence-corrected chi connectivity index (χ3v) is 2.10. The number of rotatable bonds is 3. The molecule has 0 aliphatic heterocycles. The summed E-state index contributed by atoms with van der Waals surface area (Å²) in [7, 11) is 1.47. The van der Waals surface area contributed by atoms with E-state index in [0.717, 1.165) is 0 Å². The minimum absolute atomic E-state index is 0.00769. The Morgan fingerprint density at radius 3 is 2.77 bits per heavy atom. The lowest BCUT2D eigenvalue weighted by molar-refractivity contribution is -0.388. The zero-order valence-electron chi connectivity index (χ0n) is 7.18. The van der Waals surface area contributed by atoms with Crippen molar-refractivity contribution >= 4 is 17.4 Å². The van der Waals surface area contributed by atoms with Crippen LogP contribution in [0.4, 0.5) is 5.69 Å². The molecule has 0 amide bonds. The molecule has 1 aromatic heterocycles. The lowest BCUT2D eigenvalue weighted by atomic mass is 10.4. The molecule has 0 unspecified atom stereocenters. The zero-order chi connectivity index (χ0) is 9.84. The van der Waals surface area contributed by atoms with E-state index in [1.165, 1.54) is 31.0 Å². The van der Waals surface area contributed by atoms with Crippen LogP contribution < -0.4 is 4.74 Å². The Morgan fingerprint density at radius 1 is 1.62 bits per heavy atom. The van der Waals surface area contributed by atoms with Crippen molar-refractivity contribution in [1.82, 2.24) is 4.98 Å². The summed E-state index contributed by atoms with van der Waals surface area (Å²) in [5, 5.41) is 10.9. The first-order valence-electron chi connectivity index (χ1n) is 3.42. The monoisotopic (exact) mass is 200 g/mol. The molecular formula is C7H8N2O3S. The molecule has 1 heterocycles. The number of nitro groups is 1. The van der Waals surface area contributed by atoms with E-state index in [0.29, 0.717) is 10.9 Å². The highest BCUT2D eigenvalue weighted by Gasteiger charge is 2.14. The largest absolute Gasteiger partial charge is 0.481 e. The van der Waals surface area contributed by atoms with Gasteiger partial charge in [-0.05, 0) is 6.26 Å². The first kappa shape index (κ1) is 9.79. The molecule has 0 aliphatic carbocycles. The topological polar surface area (TPSA) is 65.3 Å². The number of pyridine rings is 1. The van der Waals surface area contributed by atoms with Crippen molar-refractivity contribution in [1.29, 1.82) is 0 Å². The van der Waals surface area contributed by atoms with Crippen molar-refractivity contribution in [3.63, 3.8) is 0 Å². The number of hydrogen-bond acceptors (Lipinski definition) is 5. The second kappa shape index (κ2) is 4.08. The van der Waals surface area contributed by atoms with Crippen molar-refractivity contribution in [2.24, 2.45) is 0 Å². The van der Waals surface area contributed by atoms with E-state index in [2.05, 4.69) is 4.98 Å². The lowest BCUT2D eigenvalue weighted by Crippen LogP contribution is -1.95. The van der Waals surface area contributed by atoms with Gasteiger partial charge in [0.2, 0.25) is 5.88 Å². The summed E-state index contributed by atoms with van der Waals surface area (Å²) in [6, 6.07) is 2.86. The van der Waals surface area contributed by atoms with Gasteiger partial charge in [-0.15, -0.1) is 11.8 Å². The molecule has 0 radical (unpaired) electrons. The highest BCUT2D eigenvalue weighted by molar-refractivity contribution is 7.98. The molecule has 5 nitrogen and oxygen atoms in total. The summed E-state index contributed by atoms with van der Waals surface area (Å²) in [5.41, 5.74) is 0.00769. The van der Waals surface area contributed by atoms with Crippen LogP contribution in [0.2, 0.25) is 0 Å². The second-order valence-electron chi connectivity index (χ2n) is 2.14. The minimum Gasteiger partial charge on any atom is -0.481 e. The summed E-state index contributed by atoms with van der Waals surface area (Å²) in [5.74, 6) is 0.384. The van der Waals surface area contributed by atoms with Crippen LogP contribution in [0.25, 0.3) is 0 Å². The van der Waals surface area contributed by atoms with Crippen LogP contribution in [0.1, 0.15) is 0 Å². The van der Waals surface area contributed by atoms with Crippen LogP contribution in [-0.2, 0) is 0 Å². The molecular weight excluding hydrogens is 192 g/mol. The first-order valence-corrected chi connectivity index (χ1v) is 4.65. The van der Waals surface area contributed by atoms with Gasteiger partial charge >= 0.3 is 5.69 Å². The van der Waals surface area contributed by atoms with E-state index in [4.69, 9.17) is 4.74 Å². The van der Waals surface area contributed by atoms with Gasteiger partial charge in [-0.2, -0.15) is 4.98 Å². The Kier molecular flexibility index (Phi) is 3.07. The third kappa shape index (κ3) is 2.09. The standard InChI is InChI=1S/C7H8N2O3S/c1-12-6-4-3-5(9(10)11)7(8-6)13-2/h3-4H,1-2H3. The third-order valence-electron chi connectivity index (χ3n) is 1.41. The van der Waals surface area contributed by atoms with Crippen LogP contribution in [0.3, 0.4) is 0 Å². The molecule has 6 heteroatoms. The van der Waals surface area contributed by atoms with Gasteiger partial charge < -0.3 is 4.74 Å². The molecule has 0 saturated heterocycles. The Bertz CT molecular complexity index is 330. The molecule has 13 heavy (non-hydrogen) atoms. The molecule has 70 valence electrons. The van der Waals surface area contributed by atoms with Gasteiger partial charge in [0, 0.05) is 12.1 Å². The fourth-order valence-electron chi connectivity index (χ4n) is 0.819. The highest BCUT2D eigenvalue weighted by atomic mass is 32.2. The van der Waals surface area contributed by atoms with Gasteiger partial charge in [0.15, 0.2) is 5.03 Å². The van der Waals surface area contributed by atoms with Crippen LogP contribution in [-0.4, -0.2) is 23.3 Å². The molecule has 0 aliphatic rings. The molecule has 1 aromatic rings. The molecule has 1 rings (SSSR count). The van der Waals surface area contributed by atoms with E-state index in [9.17, 15) is 10.1 Å². The predicted molar refractivity (Wildman–Crippen MR) is 49.2 cm³/mol. The van der Waals surface area contributed by atoms with Crippen molar-refractivity contribution < 1.29 is 9.66 Å². The van der Waals surface area contributed by atoms with E-state index in [1.54, 1.807) is 6.26 Å². The quantitative estimate of drug-likeness (QED) is 0.422. The molecule has 0 saturated carbocycles. The van der Waals surface area contributed by atoms with Gasteiger partial charge in [0.1, 0.15) is 0 Å². The SMILES string of the molecule is COc1ccc([N+](=O)[O-])c(SC)n1. The molecule has 0 spiro atoms. The van der Waals surface area contributed by atoms with Crippen molar-refractivity contribution in [3.8, 4) is 5.88 Å². The van der Waals surface area contributed by atoms with E-state index in [1.807, 2.05) is 0 Å². The summed E-state index contributed by atoms with van der Waals surface area (Å²) >= 11 is 1.22. The van der Waals surface area contributed by atoms with Crippen LogP contribution in [0, 0.1) is 10.1 Å². The normalized spacial score (nSPS) is 9.69. The Balaban J connectivity index is 3.15. The van der Waals surface area contributed by atoms with Crippen LogP contribution >= 0.6 is 11.8 Å². The van der Waals surface area contributed by atoms with Gasteiger partial charge in [-0.3, -0.25) is 10.1 Å². The summed E-state index contributed by atoms with van der Waals surface area (Å²) in [6.45, 7) is 0. The number of methoxy groups -OCH3 is 1. The fraction of sp³-hybridized carbons (Fsp3) is 0.286. The van der Waals surface area contributed by atoms with Gasteiger partial charge in [0.25, 0.3) is 0 Å². The number of aromatic nitrogens is 1. The average molecular weight is 200 g/mol. The van der Waals surface area contributed by atoms with Gasteiger partial charge in [-0.1, -0.05) is 0 Å². The Morgan fingerprint density at radius 2 is 2.31 bits per heavy atom. The Hall–Kier alpha value is -1.30. The molecule has 0 fully saturated rings. The number of thioether (sulfide) groups is 1. The summed E-state index contributed by atoms with van der Waals surface area (Å²) in [4.78, 5) is 14.0. The van der Waals surface area contributed by atoms with Crippen LogP contribution in [0.15, 0.2) is 17.2 Å². The molecule has 0 bridgehead atoms. The number of nitrogens with zero attached hydrogens (tertiary/aromatic N) is 2. The smallest absolute Gasteiger partial charge is 0.301 e. The minimum atomic E-state index is -0.460. The maximum absolute atomic E-state index is 10.5. The number of hydrogen-bond donors (Lipinski definition) is 0. The summed E-state index contributed by atoms with van der Waals surface area (Å²) in [6.07, 6.45) is 1.73. The summed E-state index contributed by atoms with van der Waals surface area (Å²) < 4.78 is 4.84. The van der Waals surface area contributed by atoms with Crippen molar-refractivity contribution in [3.05, 3.63) is 22.2 Å². The maximum Gasteiger partial charge on any atom is 0.301 e. The van der Waals surface area contributed by atoms with E-state index < -0.39 is 4.92 Å². The van der Waals surface area contributed by atoms with Gasteiger partial charge in [-0.25, -0.2) is 0 Å². The van der Waals surface area contributed by atoms with Crippen molar-refractivity contribution in [2.75, 3.05) is 13.4 Å². The van der Waals surface area contributed by atoms with Crippen molar-refractivity contribution in [2.45, 2.75) is 5.03 Å². The van der Waals surface area contributed by atoms with E-state index in [-0.39, 0.29) is 5.69 Å². The van der Waals surface area contributed by atoms with E-state index >= 15 is 0 Å². The average Bonchev–Trinajstić information content (AvgIpc) is 2.16. The predicted octanol–water partition coefficient (Wildman–Crippen LogP) is 1.72. The molecule has 0 aromatic carbocycles.